The van der Waals surface area contributed by atoms with Crippen LogP contribution in [-0.2, 0) is 0 Å². The molecule has 18 heavy (non-hydrogen) atoms. The van der Waals surface area contributed by atoms with Crippen molar-refractivity contribution in [3.8, 4) is 5.75 Å². The maximum atomic E-state index is 5.71. The monoisotopic (exact) mass is 248 g/mol. The molecule has 1 aliphatic heterocycles. The van der Waals surface area contributed by atoms with Gasteiger partial charge < -0.3 is 9.64 Å². The van der Waals surface area contributed by atoms with Gasteiger partial charge in [0, 0.05) is 32.2 Å². The van der Waals surface area contributed by atoms with E-state index in [-0.39, 0.29) is 0 Å². The molecule has 0 aromatic heterocycles. The molecule has 1 aliphatic rings. The lowest BCUT2D eigenvalue weighted by molar-refractivity contribution is 0.209. The van der Waals surface area contributed by atoms with Gasteiger partial charge in [-0.15, -0.1) is 0 Å². The fourth-order valence-corrected chi connectivity index (χ4v) is 2.48. The van der Waals surface area contributed by atoms with Crippen LogP contribution >= 0.6 is 0 Å². The Morgan fingerprint density at radius 3 is 2.39 bits per heavy atom. The number of para-hydroxylation sites is 2. The second kappa shape index (κ2) is 6.10. The number of hydrogen-bond donors (Lipinski definition) is 0. The highest BCUT2D eigenvalue weighted by atomic mass is 16.5. The maximum absolute atomic E-state index is 5.71. The minimum atomic E-state index is 0.647. The van der Waals surface area contributed by atoms with E-state index < -0.39 is 0 Å². The average Bonchev–Trinajstić information content (AvgIpc) is 2.40. The normalized spacial score (nSPS) is 17.2. The van der Waals surface area contributed by atoms with Crippen molar-refractivity contribution >= 4 is 5.69 Å². The van der Waals surface area contributed by atoms with Crippen molar-refractivity contribution in [1.82, 2.24) is 4.90 Å². The van der Waals surface area contributed by atoms with Gasteiger partial charge in [0.25, 0.3) is 0 Å². The summed E-state index contributed by atoms with van der Waals surface area (Å²) in [6.45, 7) is 11.7. The summed E-state index contributed by atoms with van der Waals surface area (Å²) in [5.74, 6) is 1.01. The predicted molar refractivity (Wildman–Crippen MR) is 76.5 cm³/mol. The maximum Gasteiger partial charge on any atom is 0.142 e. The molecule has 3 heteroatoms. The molecule has 100 valence electrons. The van der Waals surface area contributed by atoms with Crippen LogP contribution in [0, 0.1) is 0 Å². The largest absolute Gasteiger partial charge is 0.492 e. The number of rotatable bonds is 4. The molecular weight excluding hydrogens is 224 g/mol. The lowest BCUT2D eigenvalue weighted by Crippen LogP contribution is -2.49. The van der Waals surface area contributed by atoms with Crippen LogP contribution in [-0.4, -0.2) is 43.7 Å². The number of ether oxygens (including phenoxy) is 1. The average molecular weight is 248 g/mol. The summed E-state index contributed by atoms with van der Waals surface area (Å²) in [5.41, 5.74) is 1.24. The molecule has 0 aliphatic carbocycles. The fraction of sp³-hybridized carbons (Fsp3) is 0.600. The molecule has 0 saturated carbocycles. The molecule has 1 saturated heterocycles. The third kappa shape index (κ3) is 2.96. The molecule has 0 atom stereocenters. The van der Waals surface area contributed by atoms with E-state index >= 15 is 0 Å². The summed E-state index contributed by atoms with van der Waals surface area (Å²) >= 11 is 0. The highest BCUT2D eigenvalue weighted by Crippen LogP contribution is 2.28. The smallest absolute Gasteiger partial charge is 0.142 e. The Kier molecular flexibility index (Phi) is 4.48. The minimum absolute atomic E-state index is 0.647. The number of nitrogens with zero attached hydrogens (tertiary/aromatic N) is 2. The molecule has 3 nitrogen and oxygen atoms in total. The molecule has 0 unspecified atom stereocenters. The first-order chi connectivity index (χ1) is 8.72. The Balaban J connectivity index is 2.05. The molecule has 0 amide bonds. The van der Waals surface area contributed by atoms with Crippen molar-refractivity contribution in [2.75, 3.05) is 37.7 Å². The van der Waals surface area contributed by atoms with E-state index in [1.165, 1.54) is 5.69 Å². The Morgan fingerprint density at radius 1 is 1.11 bits per heavy atom. The third-order valence-corrected chi connectivity index (χ3v) is 3.55. The minimum Gasteiger partial charge on any atom is -0.492 e. The van der Waals surface area contributed by atoms with Gasteiger partial charge in [-0.2, -0.15) is 0 Å². The highest BCUT2D eigenvalue weighted by Gasteiger charge is 2.20. The van der Waals surface area contributed by atoms with E-state index in [1.807, 2.05) is 13.0 Å². The number of hydrogen-bond acceptors (Lipinski definition) is 3. The van der Waals surface area contributed by atoms with E-state index in [1.54, 1.807) is 0 Å². The quantitative estimate of drug-likeness (QED) is 0.814. The number of piperazine rings is 1. The van der Waals surface area contributed by atoms with Crippen LogP contribution in [0.1, 0.15) is 20.8 Å². The Hall–Kier alpha value is -1.22. The topological polar surface area (TPSA) is 15.7 Å². The molecule has 1 fully saturated rings. The molecule has 1 aromatic carbocycles. The van der Waals surface area contributed by atoms with Crippen molar-refractivity contribution in [3.63, 3.8) is 0 Å². The first-order valence-corrected chi connectivity index (χ1v) is 6.93. The molecule has 1 aromatic rings. The summed E-state index contributed by atoms with van der Waals surface area (Å²) in [4.78, 5) is 4.96. The van der Waals surface area contributed by atoms with E-state index in [9.17, 15) is 0 Å². The molecular formula is C15H24N2O. The SMILES string of the molecule is CCOc1ccccc1N1CCN(C(C)C)CC1. The van der Waals surface area contributed by atoms with Gasteiger partial charge in [-0.25, -0.2) is 0 Å². The van der Waals surface area contributed by atoms with Gasteiger partial charge in [0.1, 0.15) is 5.75 Å². The summed E-state index contributed by atoms with van der Waals surface area (Å²) in [7, 11) is 0. The van der Waals surface area contributed by atoms with Crippen molar-refractivity contribution < 1.29 is 4.74 Å². The zero-order valence-corrected chi connectivity index (χ0v) is 11.7. The Morgan fingerprint density at radius 2 is 1.78 bits per heavy atom. The van der Waals surface area contributed by atoms with Gasteiger partial charge in [-0.05, 0) is 32.9 Å². The van der Waals surface area contributed by atoms with Gasteiger partial charge in [0.2, 0.25) is 0 Å². The second-order valence-corrected chi connectivity index (χ2v) is 5.02. The predicted octanol–water partition coefficient (Wildman–Crippen LogP) is 2.62. The van der Waals surface area contributed by atoms with Gasteiger partial charge in [-0.1, -0.05) is 12.1 Å². The van der Waals surface area contributed by atoms with Crippen LogP contribution in [0.2, 0.25) is 0 Å². The lowest BCUT2D eigenvalue weighted by atomic mass is 10.2. The third-order valence-electron chi connectivity index (χ3n) is 3.55. The van der Waals surface area contributed by atoms with Crippen LogP contribution in [0.3, 0.4) is 0 Å². The summed E-state index contributed by atoms with van der Waals surface area (Å²) in [6.07, 6.45) is 0. The summed E-state index contributed by atoms with van der Waals surface area (Å²) in [6, 6.07) is 9.00. The van der Waals surface area contributed by atoms with E-state index in [2.05, 4.69) is 41.8 Å². The lowest BCUT2D eigenvalue weighted by Gasteiger charge is -2.38. The van der Waals surface area contributed by atoms with Crippen molar-refractivity contribution in [2.45, 2.75) is 26.8 Å². The van der Waals surface area contributed by atoms with Gasteiger partial charge in [-0.3, -0.25) is 4.90 Å². The Bertz CT molecular complexity index is 371. The summed E-state index contributed by atoms with van der Waals surface area (Å²) < 4.78 is 5.71. The zero-order chi connectivity index (χ0) is 13.0. The Labute approximate surface area is 110 Å². The van der Waals surface area contributed by atoms with E-state index in [4.69, 9.17) is 4.74 Å². The standard InChI is InChI=1S/C15H24N2O/c1-4-18-15-8-6-5-7-14(15)17-11-9-16(10-12-17)13(2)3/h5-8,13H,4,9-12H2,1-3H3. The summed E-state index contributed by atoms with van der Waals surface area (Å²) in [5, 5.41) is 0. The van der Waals surface area contributed by atoms with Crippen molar-refractivity contribution in [3.05, 3.63) is 24.3 Å². The molecule has 0 radical (unpaired) electrons. The van der Waals surface area contributed by atoms with Gasteiger partial charge >= 0.3 is 0 Å². The van der Waals surface area contributed by atoms with E-state index in [0.717, 1.165) is 38.5 Å². The second-order valence-electron chi connectivity index (χ2n) is 5.02. The molecule has 0 N–H and O–H groups in total. The van der Waals surface area contributed by atoms with Gasteiger partial charge in [0.15, 0.2) is 0 Å². The molecule has 0 bridgehead atoms. The van der Waals surface area contributed by atoms with Crippen LogP contribution in [0.4, 0.5) is 5.69 Å². The van der Waals surface area contributed by atoms with E-state index in [0.29, 0.717) is 6.04 Å². The number of anilines is 1. The fourth-order valence-electron chi connectivity index (χ4n) is 2.48. The molecule has 0 spiro atoms. The van der Waals surface area contributed by atoms with Crippen LogP contribution < -0.4 is 9.64 Å². The highest BCUT2D eigenvalue weighted by molar-refractivity contribution is 5.58. The van der Waals surface area contributed by atoms with Crippen LogP contribution in [0.5, 0.6) is 5.75 Å². The van der Waals surface area contributed by atoms with Crippen molar-refractivity contribution in [2.24, 2.45) is 0 Å². The number of benzene rings is 1. The van der Waals surface area contributed by atoms with Crippen molar-refractivity contribution in [1.29, 1.82) is 0 Å². The first kappa shape index (κ1) is 13.2. The zero-order valence-electron chi connectivity index (χ0n) is 11.7. The molecule has 2 rings (SSSR count). The van der Waals surface area contributed by atoms with Gasteiger partial charge in [0.05, 0.1) is 12.3 Å². The van der Waals surface area contributed by atoms with Crippen LogP contribution in [0.25, 0.3) is 0 Å². The van der Waals surface area contributed by atoms with Crippen LogP contribution in [0.15, 0.2) is 24.3 Å². The molecule has 1 heterocycles. The first-order valence-electron chi connectivity index (χ1n) is 6.93.